The Labute approximate surface area is 164 Å². The number of amides is 1. The fraction of sp³-hybridized carbons (Fsp3) is 0.588. The van der Waals surface area contributed by atoms with Gasteiger partial charge in [-0.3, -0.25) is 4.79 Å². The highest BCUT2D eigenvalue weighted by atomic mass is 35.5. The van der Waals surface area contributed by atoms with Crippen molar-refractivity contribution in [3.63, 3.8) is 0 Å². The first kappa shape index (κ1) is 24.8. The van der Waals surface area contributed by atoms with Gasteiger partial charge in [0.05, 0.1) is 11.6 Å². The number of anilines is 1. The van der Waals surface area contributed by atoms with Gasteiger partial charge < -0.3 is 15.5 Å². The summed E-state index contributed by atoms with van der Waals surface area (Å²) in [5, 5.41) is 0. The first-order valence-corrected chi connectivity index (χ1v) is 8.15. The predicted molar refractivity (Wildman–Crippen MR) is 102 cm³/mol. The van der Waals surface area contributed by atoms with E-state index in [1.807, 2.05) is 18.7 Å². The number of nitrogens with two attached hydrogens (primary N) is 1. The van der Waals surface area contributed by atoms with Crippen LogP contribution >= 0.6 is 24.8 Å². The Morgan fingerprint density at radius 1 is 1.15 bits per heavy atom. The van der Waals surface area contributed by atoms with Crippen LogP contribution in [-0.2, 0) is 11.0 Å². The van der Waals surface area contributed by atoms with Crippen molar-refractivity contribution in [2.75, 3.05) is 31.1 Å². The Morgan fingerprint density at radius 3 is 2.23 bits per heavy atom. The molecule has 1 aromatic rings. The molecule has 1 fully saturated rings. The number of hydrogen-bond donors (Lipinski definition) is 1. The van der Waals surface area contributed by atoms with Gasteiger partial charge in [-0.1, -0.05) is 19.9 Å². The van der Waals surface area contributed by atoms with Gasteiger partial charge in [0.25, 0.3) is 0 Å². The average Bonchev–Trinajstić information content (AvgIpc) is 2.53. The largest absolute Gasteiger partial charge is 0.416 e. The van der Waals surface area contributed by atoms with E-state index in [1.54, 1.807) is 11.0 Å². The molecule has 1 aliphatic rings. The number of alkyl halides is 3. The summed E-state index contributed by atoms with van der Waals surface area (Å²) in [6, 6.07) is 4.78. The normalized spacial score (nSPS) is 16.0. The number of hydrogen-bond acceptors (Lipinski definition) is 3. The first-order valence-electron chi connectivity index (χ1n) is 8.15. The van der Waals surface area contributed by atoms with Gasteiger partial charge in [0, 0.05) is 31.9 Å². The molecule has 0 saturated carbocycles. The zero-order valence-corrected chi connectivity index (χ0v) is 16.5. The van der Waals surface area contributed by atoms with E-state index in [9.17, 15) is 18.0 Å². The Bertz CT molecular complexity index is 577. The van der Waals surface area contributed by atoms with E-state index in [4.69, 9.17) is 5.73 Å². The molecule has 0 radical (unpaired) electrons. The molecule has 1 aliphatic heterocycles. The van der Waals surface area contributed by atoms with Crippen LogP contribution in [0.4, 0.5) is 18.9 Å². The first-order chi connectivity index (χ1) is 11.2. The number of carbonyl (C=O) groups excluding carboxylic acids is 1. The van der Waals surface area contributed by atoms with Gasteiger partial charge >= 0.3 is 6.18 Å². The van der Waals surface area contributed by atoms with Crippen molar-refractivity contribution < 1.29 is 18.0 Å². The number of carbonyl (C=O) groups is 1. The van der Waals surface area contributed by atoms with Gasteiger partial charge in [-0.05, 0) is 30.5 Å². The summed E-state index contributed by atoms with van der Waals surface area (Å²) in [7, 11) is 0. The summed E-state index contributed by atoms with van der Waals surface area (Å²) in [6.07, 6.45) is -3.72. The highest BCUT2D eigenvalue weighted by Crippen LogP contribution is 2.31. The third-order valence-corrected chi connectivity index (χ3v) is 4.17. The van der Waals surface area contributed by atoms with E-state index in [2.05, 4.69) is 0 Å². The lowest BCUT2D eigenvalue weighted by atomic mass is 10.0. The molecule has 1 heterocycles. The van der Waals surface area contributed by atoms with Crippen LogP contribution in [0, 0.1) is 5.92 Å². The number of rotatable bonds is 4. The highest BCUT2D eigenvalue weighted by molar-refractivity contribution is 5.85. The molecule has 0 aromatic heterocycles. The number of halogens is 5. The fourth-order valence-electron chi connectivity index (χ4n) is 2.91. The SMILES string of the molecule is CC(C)C[C@H](N)C(=O)N1CCN(c2cccc(C(F)(F)F)c2)CC1.Cl.Cl. The van der Waals surface area contributed by atoms with Crippen LogP contribution in [0.25, 0.3) is 0 Å². The molecule has 0 bridgehead atoms. The Balaban J connectivity index is 0.00000312. The third-order valence-electron chi connectivity index (χ3n) is 4.17. The van der Waals surface area contributed by atoms with Crippen LogP contribution in [0.1, 0.15) is 25.8 Å². The van der Waals surface area contributed by atoms with E-state index >= 15 is 0 Å². The van der Waals surface area contributed by atoms with Crippen molar-refractivity contribution in [1.29, 1.82) is 0 Å². The van der Waals surface area contributed by atoms with Crippen LogP contribution < -0.4 is 10.6 Å². The Morgan fingerprint density at radius 2 is 1.73 bits per heavy atom. The van der Waals surface area contributed by atoms with E-state index in [-0.39, 0.29) is 30.7 Å². The van der Waals surface area contributed by atoms with Gasteiger partial charge in [0.2, 0.25) is 5.91 Å². The molecule has 1 atom stereocenters. The van der Waals surface area contributed by atoms with E-state index in [1.165, 1.54) is 6.07 Å². The summed E-state index contributed by atoms with van der Waals surface area (Å²) in [5.41, 5.74) is 5.81. The molecule has 26 heavy (non-hydrogen) atoms. The van der Waals surface area contributed by atoms with Gasteiger partial charge in [-0.2, -0.15) is 13.2 Å². The lowest BCUT2D eigenvalue weighted by molar-refractivity contribution is -0.137. The number of piperazine rings is 1. The molecule has 0 aliphatic carbocycles. The standard InChI is InChI=1S/C17H24F3N3O.2ClH/c1-12(2)10-15(21)16(24)23-8-6-22(7-9-23)14-5-3-4-13(11-14)17(18,19)20;;/h3-5,11-12,15H,6-10,21H2,1-2H3;2*1H/t15-;;/m0../s1. The molecule has 1 amide bonds. The molecule has 1 saturated heterocycles. The maximum atomic E-state index is 12.8. The summed E-state index contributed by atoms with van der Waals surface area (Å²) >= 11 is 0. The van der Waals surface area contributed by atoms with E-state index < -0.39 is 17.8 Å². The van der Waals surface area contributed by atoms with Crippen molar-refractivity contribution in [2.24, 2.45) is 11.7 Å². The van der Waals surface area contributed by atoms with E-state index in [0.29, 0.717) is 44.2 Å². The monoisotopic (exact) mass is 415 g/mol. The van der Waals surface area contributed by atoms with Gasteiger partial charge in [-0.15, -0.1) is 24.8 Å². The second-order valence-corrected chi connectivity index (χ2v) is 6.60. The van der Waals surface area contributed by atoms with Crippen LogP contribution in [0.5, 0.6) is 0 Å². The fourth-order valence-corrected chi connectivity index (χ4v) is 2.91. The maximum absolute atomic E-state index is 12.8. The number of benzene rings is 1. The van der Waals surface area contributed by atoms with Crippen LogP contribution in [0.15, 0.2) is 24.3 Å². The van der Waals surface area contributed by atoms with Crippen molar-refractivity contribution in [2.45, 2.75) is 32.5 Å². The summed E-state index contributed by atoms with van der Waals surface area (Å²) < 4.78 is 38.4. The summed E-state index contributed by atoms with van der Waals surface area (Å²) in [6.45, 7) is 5.97. The van der Waals surface area contributed by atoms with Crippen molar-refractivity contribution in [3.05, 3.63) is 29.8 Å². The average molecular weight is 416 g/mol. The quantitative estimate of drug-likeness (QED) is 0.817. The molecular weight excluding hydrogens is 390 g/mol. The summed E-state index contributed by atoms with van der Waals surface area (Å²) in [4.78, 5) is 15.9. The van der Waals surface area contributed by atoms with Crippen LogP contribution in [0.3, 0.4) is 0 Å². The lowest BCUT2D eigenvalue weighted by Crippen LogP contribution is -2.53. The highest BCUT2D eigenvalue weighted by Gasteiger charge is 2.31. The second kappa shape index (κ2) is 10.2. The minimum absolute atomic E-state index is 0. The molecule has 2 rings (SSSR count). The minimum atomic E-state index is -4.35. The third kappa shape index (κ3) is 6.52. The molecule has 0 unspecified atom stereocenters. The van der Waals surface area contributed by atoms with Crippen LogP contribution in [0.2, 0.25) is 0 Å². The number of nitrogens with zero attached hydrogens (tertiary/aromatic N) is 2. The summed E-state index contributed by atoms with van der Waals surface area (Å²) in [5.74, 6) is 0.266. The minimum Gasteiger partial charge on any atom is -0.368 e. The molecule has 0 spiro atoms. The van der Waals surface area contributed by atoms with Crippen molar-refractivity contribution >= 4 is 36.4 Å². The lowest BCUT2D eigenvalue weighted by Gasteiger charge is -2.37. The predicted octanol–water partition coefficient (Wildman–Crippen LogP) is 3.57. The van der Waals surface area contributed by atoms with Gasteiger partial charge in [0.15, 0.2) is 0 Å². The van der Waals surface area contributed by atoms with Crippen molar-refractivity contribution in [1.82, 2.24) is 4.90 Å². The topological polar surface area (TPSA) is 49.6 Å². The molecule has 9 heteroatoms. The molecule has 1 aromatic carbocycles. The van der Waals surface area contributed by atoms with Crippen LogP contribution in [-0.4, -0.2) is 43.0 Å². The smallest absolute Gasteiger partial charge is 0.368 e. The molecule has 4 nitrogen and oxygen atoms in total. The maximum Gasteiger partial charge on any atom is 0.416 e. The van der Waals surface area contributed by atoms with Crippen molar-refractivity contribution in [3.8, 4) is 0 Å². The van der Waals surface area contributed by atoms with Gasteiger partial charge in [0.1, 0.15) is 0 Å². The zero-order chi connectivity index (χ0) is 17.9. The molecule has 150 valence electrons. The Kier molecular flexibility index (Phi) is 9.77. The zero-order valence-electron chi connectivity index (χ0n) is 14.8. The Hall–Kier alpha value is -1.18. The van der Waals surface area contributed by atoms with E-state index in [0.717, 1.165) is 12.1 Å². The molecular formula is C17H26Cl2F3N3O. The molecule has 2 N–H and O–H groups in total. The van der Waals surface area contributed by atoms with Gasteiger partial charge in [-0.25, -0.2) is 0 Å². The second-order valence-electron chi connectivity index (χ2n) is 6.60.